The molecule has 0 spiro atoms. The van der Waals surface area contributed by atoms with E-state index in [4.69, 9.17) is 37.9 Å². The van der Waals surface area contributed by atoms with Crippen LogP contribution in [0.2, 0.25) is 0 Å². The van der Waals surface area contributed by atoms with Gasteiger partial charge in [0.2, 0.25) is 17.7 Å². The van der Waals surface area contributed by atoms with Gasteiger partial charge < -0.3 is 53.6 Å². The minimum atomic E-state index is -1.03. The van der Waals surface area contributed by atoms with Crippen molar-refractivity contribution in [2.45, 2.75) is 110 Å². The standard InChI is InChI=1S/C53H76N4O16/c1-34-30-36-9-8-35(2)39(11-10-38-32-37(58)33-46(61)72-38)47(36)43(31-34)73-52(65)53(3,4)15-14-44(59)55-17-19-67-21-23-69-25-27-71-29-28-70-26-24-68-22-20-66-18-16-54-41-7-5-6-40-48(41)51(64)57(50(40)63)42-12-13-45(60)56-49(42)62/h5-9,30,34-35,37-39,42-43,47,54,58H,10-29,31-33H2,1-4H3,(H,55,59)(H,56,60,62)/t34-,35-,37+,38+,39-,42?,43-,47-/m0/s1. The monoisotopic (exact) mass is 1020 g/mol. The molecule has 0 radical (unpaired) electrons. The van der Waals surface area contributed by atoms with E-state index in [-0.39, 0.29) is 90.5 Å². The van der Waals surface area contributed by atoms with Gasteiger partial charge >= 0.3 is 11.9 Å². The summed E-state index contributed by atoms with van der Waals surface area (Å²) >= 11 is 0. The highest BCUT2D eigenvalue weighted by Gasteiger charge is 2.46. The van der Waals surface area contributed by atoms with E-state index >= 15 is 0 Å². The van der Waals surface area contributed by atoms with Crippen LogP contribution in [0.4, 0.5) is 5.69 Å². The summed E-state index contributed by atoms with van der Waals surface area (Å²) in [4.78, 5) is 89.4. The van der Waals surface area contributed by atoms with E-state index in [1.165, 1.54) is 5.57 Å². The summed E-state index contributed by atoms with van der Waals surface area (Å²) in [7, 11) is 0. The summed E-state index contributed by atoms with van der Waals surface area (Å²) in [5.41, 5.74) is 1.16. The summed E-state index contributed by atoms with van der Waals surface area (Å²) in [6.07, 6.45) is 8.56. The second kappa shape index (κ2) is 28.5. The predicted octanol–water partition coefficient (Wildman–Crippen LogP) is 3.68. The molecule has 1 aromatic rings. The summed E-state index contributed by atoms with van der Waals surface area (Å²) in [6, 6.07) is 3.86. The van der Waals surface area contributed by atoms with Crippen molar-refractivity contribution < 1.29 is 76.6 Å². The molecule has 4 N–H and O–H groups in total. The zero-order valence-electron chi connectivity index (χ0n) is 42.9. The molecule has 8 atom stereocenters. The first kappa shape index (κ1) is 57.2. The topological polar surface area (TPSA) is 253 Å². The lowest BCUT2D eigenvalue weighted by Crippen LogP contribution is -2.54. The zero-order valence-corrected chi connectivity index (χ0v) is 42.9. The van der Waals surface area contributed by atoms with E-state index < -0.39 is 41.2 Å². The molecule has 73 heavy (non-hydrogen) atoms. The third-order valence-corrected chi connectivity index (χ3v) is 13.9. The number of amides is 5. The van der Waals surface area contributed by atoms with Gasteiger partial charge in [0.05, 0.1) is 108 Å². The second-order valence-corrected chi connectivity index (χ2v) is 20.0. The molecule has 20 heteroatoms. The molecule has 0 aromatic heterocycles. The Morgan fingerprint density at radius 2 is 1.45 bits per heavy atom. The molecule has 0 bridgehead atoms. The number of nitrogens with zero attached hydrogens (tertiary/aromatic N) is 1. The molecule has 2 aliphatic carbocycles. The molecule has 1 aromatic carbocycles. The molecule has 0 saturated carbocycles. The van der Waals surface area contributed by atoms with Crippen molar-refractivity contribution in [3.05, 3.63) is 53.1 Å². The lowest BCUT2D eigenvalue weighted by Gasteiger charge is -2.44. The SMILES string of the molecule is C[C@H]1C=C2C=C[C@H](C)[C@H](CC[C@@H]3C[C@@H](O)CC(=O)O3)[C@H]2[C@@H](OC(=O)C(C)(C)CCC(=O)NCCOCCOCCOCCOCCOCCOCCNc2cccc3c2C(=O)N(C2CCC(=O)NC2=O)C3=O)C1. The van der Waals surface area contributed by atoms with Crippen molar-refractivity contribution in [1.82, 2.24) is 15.5 Å². The highest BCUT2D eigenvalue weighted by Crippen LogP contribution is 2.46. The molecular formula is C53H76N4O16. The maximum atomic E-state index is 13.7. The van der Waals surface area contributed by atoms with E-state index in [0.717, 1.165) is 11.3 Å². The third kappa shape index (κ3) is 17.0. The summed E-state index contributed by atoms with van der Waals surface area (Å²) in [5, 5.41) is 18.3. The predicted molar refractivity (Wildman–Crippen MR) is 264 cm³/mol. The van der Waals surface area contributed by atoms with Crippen LogP contribution >= 0.6 is 0 Å². The molecule has 5 amide bonds. The molecule has 404 valence electrons. The maximum absolute atomic E-state index is 13.7. The van der Waals surface area contributed by atoms with Gasteiger partial charge in [-0.25, -0.2) is 0 Å². The van der Waals surface area contributed by atoms with E-state index in [1.807, 2.05) is 13.8 Å². The minimum absolute atomic E-state index is 0.0133. The summed E-state index contributed by atoms with van der Waals surface area (Å²) < 4.78 is 45.2. The fourth-order valence-corrected chi connectivity index (χ4v) is 9.94. The number of piperidine rings is 1. The Morgan fingerprint density at radius 1 is 0.822 bits per heavy atom. The number of esters is 2. The van der Waals surface area contributed by atoms with E-state index in [2.05, 4.69) is 48.0 Å². The molecular weight excluding hydrogens is 949 g/mol. The Balaban J connectivity index is 0.714. The Morgan fingerprint density at radius 3 is 2.08 bits per heavy atom. The number of rotatable bonds is 31. The number of hydrogen-bond acceptors (Lipinski definition) is 17. The highest BCUT2D eigenvalue weighted by atomic mass is 16.6. The van der Waals surface area contributed by atoms with Crippen LogP contribution in [0.3, 0.4) is 0 Å². The van der Waals surface area contributed by atoms with Gasteiger partial charge in [-0.05, 0) is 81.4 Å². The summed E-state index contributed by atoms with van der Waals surface area (Å²) in [6.45, 7) is 13.1. The number of carbonyl (C=O) groups is 7. The van der Waals surface area contributed by atoms with Crippen molar-refractivity contribution in [2.24, 2.45) is 29.1 Å². The summed E-state index contributed by atoms with van der Waals surface area (Å²) in [5.74, 6) is -2.40. The van der Waals surface area contributed by atoms with Crippen LogP contribution in [0.1, 0.15) is 106 Å². The van der Waals surface area contributed by atoms with Gasteiger partial charge in [-0.2, -0.15) is 0 Å². The number of hydrogen-bond donors (Lipinski definition) is 4. The fraction of sp³-hybridized carbons (Fsp3) is 0.679. The van der Waals surface area contributed by atoms with Crippen LogP contribution in [-0.2, 0) is 61.9 Å². The Bertz CT molecular complexity index is 2130. The van der Waals surface area contributed by atoms with Crippen molar-refractivity contribution in [2.75, 3.05) is 97.7 Å². The number of aliphatic hydroxyl groups excluding tert-OH is 1. The normalized spacial score (nSPS) is 24.9. The number of aliphatic hydroxyl groups is 1. The van der Waals surface area contributed by atoms with Crippen LogP contribution in [0.5, 0.6) is 0 Å². The number of allylic oxidation sites excluding steroid dienone is 3. The van der Waals surface area contributed by atoms with Gasteiger partial charge in [0, 0.05) is 44.0 Å². The molecule has 6 rings (SSSR count). The third-order valence-electron chi connectivity index (χ3n) is 13.9. The molecule has 2 fully saturated rings. The number of ether oxygens (including phenoxy) is 8. The Hall–Kier alpha value is -5.09. The van der Waals surface area contributed by atoms with Gasteiger partial charge in [0.25, 0.3) is 11.8 Å². The van der Waals surface area contributed by atoms with Gasteiger partial charge in [-0.3, -0.25) is 43.8 Å². The van der Waals surface area contributed by atoms with Crippen LogP contribution in [0.15, 0.2) is 42.0 Å². The van der Waals surface area contributed by atoms with Crippen LogP contribution in [-0.4, -0.2) is 168 Å². The fourth-order valence-electron chi connectivity index (χ4n) is 9.94. The molecule has 1 unspecified atom stereocenters. The number of cyclic esters (lactones) is 1. The molecule has 5 aliphatic rings. The smallest absolute Gasteiger partial charge is 0.311 e. The number of carbonyl (C=O) groups excluding carboxylic acids is 7. The first-order chi connectivity index (χ1) is 35.1. The number of anilines is 1. The highest BCUT2D eigenvalue weighted by molar-refractivity contribution is 6.25. The van der Waals surface area contributed by atoms with E-state index in [9.17, 15) is 38.7 Å². The molecule has 20 nitrogen and oxygen atoms in total. The van der Waals surface area contributed by atoms with Crippen molar-refractivity contribution in [1.29, 1.82) is 0 Å². The first-order valence-corrected chi connectivity index (χ1v) is 25.9. The van der Waals surface area contributed by atoms with Crippen LogP contribution in [0.25, 0.3) is 0 Å². The maximum Gasteiger partial charge on any atom is 0.311 e. The van der Waals surface area contributed by atoms with Crippen molar-refractivity contribution in [3.8, 4) is 0 Å². The van der Waals surface area contributed by atoms with Gasteiger partial charge in [0.1, 0.15) is 18.2 Å². The van der Waals surface area contributed by atoms with Crippen LogP contribution in [0, 0.1) is 29.1 Å². The Labute approximate surface area is 427 Å². The van der Waals surface area contributed by atoms with E-state index in [0.29, 0.717) is 124 Å². The number of imide groups is 2. The first-order valence-electron chi connectivity index (χ1n) is 25.9. The lowest BCUT2D eigenvalue weighted by molar-refractivity contribution is -0.166. The average Bonchev–Trinajstić information content (AvgIpc) is 3.60. The largest absolute Gasteiger partial charge is 0.462 e. The van der Waals surface area contributed by atoms with Gasteiger partial charge in [-0.15, -0.1) is 0 Å². The molecule has 2 saturated heterocycles. The lowest BCUT2D eigenvalue weighted by atomic mass is 9.65. The van der Waals surface area contributed by atoms with E-state index in [1.54, 1.807) is 18.2 Å². The minimum Gasteiger partial charge on any atom is -0.462 e. The second-order valence-electron chi connectivity index (χ2n) is 20.0. The number of nitrogens with one attached hydrogen (secondary N) is 3. The Kier molecular flexibility index (Phi) is 22.4. The van der Waals surface area contributed by atoms with Crippen molar-refractivity contribution in [3.63, 3.8) is 0 Å². The average molecular weight is 1030 g/mol. The number of fused-ring (bicyclic) bond motifs is 2. The van der Waals surface area contributed by atoms with Crippen molar-refractivity contribution >= 4 is 47.2 Å². The molecule has 3 heterocycles. The van der Waals surface area contributed by atoms with Gasteiger partial charge in [-0.1, -0.05) is 38.1 Å². The quantitative estimate of drug-likeness (QED) is 0.0470. The molecule has 3 aliphatic heterocycles. The van der Waals surface area contributed by atoms with Gasteiger partial charge in [0.15, 0.2) is 0 Å². The zero-order chi connectivity index (χ0) is 52.3. The number of benzene rings is 1. The van der Waals surface area contributed by atoms with Crippen LogP contribution < -0.4 is 16.0 Å².